The number of hydrogen-bond acceptors (Lipinski definition) is 8. The van der Waals surface area contributed by atoms with E-state index in [0.717, 1.165) is 11.3 Å². The van der Waals surface area contributed by atoms with Gasteiger partial charge in [0.1, 0.15) is 15.3 Å². The van der Waals surface area contributed by atoms with Gasteiger partial charge in [0.15, 0.2) is 5.57 Å². The van der Waals surface area contributed by atoms with Gasteiger partial charge in [0.05, 0.1) is 13.0 Å². The standard InChI is InChI=1S/C21H22N4O6S/c1-3-25-19(29)16(32-20(25)15(11-22)21(30)31-4-2)12-24-14-7-5-13(6-8-14)18(28)23-10-9-17(26)27/h5-8,12,24H,3-4,9-10H2,1-2H3,(H,23,28)(H,26,27). The molecule has 168 valence electrons. The van der Waals surface area contributed by atoms with Gasteiger partial charge in [-0.25, -0.2) is 4.79 Å². The molecule has 0 aliphatic rings. The van der Waals surface area contributed by atoms with E-state index >= 15 is 0 Å². The summed E-state index contributed by atoms with van der Waals surface area (Å²) in [7, 11) is 0. The number of nitriles is 1. The van der Waals surface area contributed by atoms with Crippen molar-refractivity contribution in [3.05, 3.63) is 49.4 Å². The molecule has 0 atom stereocenters. The molecule has 0 bridgehead atoms. The van der Waals surface area contributed by atoms with Crippen LogP contribution >= 0.6 is 11.3 Å². The highest BCUT2D eigenvalue weighted by Gasteiger charge is 2.16. The summed E-state index contributed by atoms with van der Waals surface area (Å²) in [6.07, 6.45) is 1.30. The second kappa shape index (κ2) is 11.5. The molecule has 0 radical (unpaired) electrons. The molecular formula is C21H22N4O6S. The molecule has 32 heavy (non-hydrogen) atoms. The number of ether oxygens (including phenoxy) is 1. The number of carboxylic acids is 1. The minimum atomic E-state index is -0.999. The molecule has 1 aromatic carbocycles. The molecule has 0 unspecified atom stereocenters. The molecular weight excluding hydrogens is 436 g/mol. The third-order valence-electron chi connectivity index (χ3n) is 4.17. The van der Waals surface area contributed by atoms with Crippen molar-refractivity contribution in [1.29, 1.82) is 5.26 Å². The molecule has 0 spiro atoms. The molecule has 2 rings (SSSR count). The van der Waals surface area contributed by atoms with Crippen molar-refractivity contribution >= 4 is 46.6 Å². The topological polar surface area (TPSA) is 151 Å². The quantitative estimate of drug-likeness (QED) is 0.452. The number of esters is 1. The number of rotatable bonds is 9. The van der Waals surface area contributed by atoms with E-state index in [0.29, 0.717) is 11.3 Å². The van der Waals surface area contributed by atoms with Gasteiger partial charge >= 0.3 is 11.9 Å². The van der Waals surface area contributed by atoms with Crippen LogP contribution in [0.25, 0.3) is 11.8 Å². The summed E-state index contributed by atoms with van der Waals surface area (Å²) in [6.45, 7) is 3.77. The van der Waals surface area contributed by atoms with Gasteiger partial charge in [-0.15, -0.1) is 11.3 Å². The smallest absolute Gasteiger partial charge is 0.351 e. The van der Waals surface area contributed by atoms with E-state index in [1.54, 1.807) is 38.1 Å². The van der Waals surface area contributed by atoms with Crippen LogP contribution < -0.4 is 25.4 Å². The zero-order valence-corrected chi connectivity index (χ0v) is 18.3. The van der Waals surface area contributed by atoms with Crippen LogP contribution in [-0.4, -0.2) is 40.7 Å². The van der Waals surface area contributed by atoms with E-state index in [9.17, 15) is 24.4 Å². The SMILES string of the molecule is CCOC(=O)C(C#N)=c1sc(=CNc2ccc(C(=O)NCCC(=O)O)cc2)c(=O)n1CC. The zero-order valence-electron chi connectivity index (χ0n) is 17.5. The summed E-state index contributed by atoms with van der Waals surface area (Å²) in [5, 5.41) is 23.4. The molecule has 1 aromatic heterocycles. The largest absolute Gasteiger partial charge is 0.481 e. The lowest BCUT2D eigenvalue weighted by molar-refractivity contribution is -0.137. The Hall–Kier alpha value is -3.91. The highest BCUT2D eigenvalue weighted by molar-refractivity contribution is 7.07. The Bertz CT molecular complexity index is 1220. The molecule has 0 aliphatic heterocycles. The second-order valence-corrected chi connectivity index (χ2v) is 7.32. The van der Waals surface area contributed by atoms with Crippen molar-refractivity contribution in [2.24, 2.45) is 0 Å². The Morgan fingerprint density at radius 3 is 2.50 bits per heavy atom. The van der Waals surface area contributed by atoms with Crippen LogP contribution in [0.3, 0.4) is 0 Å². The molecule has 0 saturated heterocycles. The maximum Gasteiger partial charge on any atom is 0.351 e. The van der Waals surface area contributed by atoms with Gasteiger partial charge in [-0.1, -0.05) is 0 Å². The minimum Gasteiger partial charge on any atom is -0.481 e. The number of aliphatic carboxylic acids is 1. The van der Waals surface area contributed by atoms with Crippen LogP contribution in [0, 0.1) is 11.3 Å². The number of carbonyl (C=O) groups excluding carboxylic acids is 2. The number of aromatic nitrogens is 1. The van der Waals surface area contributed by atoms with Crippen molar-refractivity contribution in [3.8, 4) is 6.07 Å². The Morgan fingerprint density at radius 2 is 1.94 bits per heavy atom. The summed E-state index contributed by atoms with van der Waals surface area (Å²) >= 11 is 0.996. The Morgan fingerprint density at radius 1 is 1.25 bits per heavy atom. The van der Waals surface area contributed by atoms with Gasteiger partial charge < -0.3 is 20.5 Å². The molecule has 1 amide bonds. The maximum absolute atomic E-state index is 12.7. The van der Waals surface area contributed by atoms with Crippen LogP contribution in [0.2, 0.25) is 0 Å². The lowest BCUT2D eigenvalue weighted by atomic mass is 10.2. The number of anilines is 1. The number of benzene rings is 1. The molecule has 2 aromatic rings. The first-order valence-corrected chi connectivity index (χ1v) is 10.5. The fraction of sp³-hybridized carbons (Fsp3) is 0.286. The average Bonchev–Trinajstić information content (AvgIpc) is 3.08. The third-order valence-corrected chi connectivity index (χ3v) is 5.30. The average molecular weight is 458 g/mol. The monoisotopic (exact) mass is 458 g/mol. The number of carbonyl (C=O) groups is 3. The van der Waals surface area contributed by atoms with Crippen molar-refractivity contribution in [3.63, 3.8) is 0 Å². The molecule has 0 fully saturated rings. The fourth-order valence-electron chi connectivity index (χ4n) is 2.63. The maximum atomic E-state index is 12.7. The summed E-state index contributed by atoms with van der Waals surface area (Å²) in [5.41, 5.74) is 0.370. The van der Waals surface area contributed by atoms with Crippen LogP contribution in [0.1, 0.15) is 30.6 Å². The van der Waals surface area contributed by atoms with Gasteiger partial charge in [-0.3, -0.25) is 19.0 Å². The van der Waals surface area contributed by atoms with E-state index in [2.05, 4.69) is 10.6 Å². The normalized spacial score (nSPS) is 12.0. The summed E-state index contributed by atoms with van der Waals surface area (Å²) < 4.78 is 6.74. The summed E-state index contributed by atoms with van der Waals surface area (Å²) in [4.78, 5) is 47.2. The van der Waals surface area contributed by atoms with Gasteiger partial charge in [-0.2, -0.15) is 5.26 Å². The molecule has 1 heterocycles. The lowest BCUT2D eigenvalue weighted by Crippen LogP contribution is -2.32. The molecule has 0 aliphatic carbocycles. The number of amides is 1. The number of nitrogens with zero attached hydrogens (tertiary/aromatic N) is 2. The van der Waals surface area contributed by atoms with Crippen LogP contribution in [0.5, 0.6) is 0 Å². The van der Waals surface area contributed by atoms with Crippen molar-refractivity contribution in [1.82, 2.24) is 9.88 Å². The first kappa shape index (κ1) is 24.4. The van der Waals surface area contributed by atoms with E-state index < -0.39 is 17.8 Å². The van der Waals surface area contributed by atoms with Crippen molar-refractivity contribution in [2.45, 2.75) is 26.8 Å². The number of nitrogens with one attached hydrogen (secondary N) is 2. The van der Waals surface area contributed by atoms with Gasteiger partial charge in [-0.05, 0) is 38.1 Å². The first-order valence-electron chi connectivity index (χ1n) is 9.70. The predicted molar refractivity (Wildman–Crippen MR) is 118 cm³/mol. The van der Waals surface area contributed by atoms with Crippen LogP contribution in [0.4, 0.5) is 5.69 Å². The number of hydrogen-bond donors (Lipinski definition) is 3. The Balaban J connectivity index is 2.27. The van der Waals surface area contributed by atoms with E-state index in [4.69, 9.17) is 9.84 Å². The molecule has 11 heteroatoms. The van der Waals surface area contributed by atoms with Crippen LogP contribution in [-0.2, 0) is 20.9 Å². The zero-order chi connectivity index (χ0) is 23.7. The van der Waals surface area contributed by atoms with E-state index in [-0.39, 0.29) is 46.4 Å². The highest BCUT2D eigenvalue weighted by Crippen LogP contribution is 2.09. The summed E-state index contributed by atoms with van der Waals surface area (Å²) in [5.74, 6) is -2.18. The third kappa shape index (κ3) is 6.05. The Labute approximate surface area is 187 Å². The highest BCUT2D eigenvalue weighted by atomic mass is 32.1. The van der Waals surface area contributed by atoms with Crippen molar-refractivity contribution in [2.75, 3.05) is 18.5 Å². The van der Waals surface area contributed by atoms with Gasteiger partial charge in [0, 0.05) is 30.5 Å². The number of carboxylic acid groups (broad SMARTS) is 1. The predicted octanol–water partition coefficient (Wildman–Crippen LogP) is 0.222. The second-order valence-electron chi connectivity index (χ2n) is 6.29. The van der Waals surface area contributed by atoms with Gasteiger partial charge in [0.2, 0.25) is 0 Å². The fourth-order valence-corrected chi connectivity index (χ4v) is 3.71. The first-order chi connectivity index (χ1) is 15.3. The lowest BCUT2D eigenvalue weighted by Gasteiger charge is -2.05. The van der Waals surface area contributed by atoms with Crippen LogP contribution in [0.15, 0.2) is 29.1 Å². The molecule has 3 N–H and O–H groups in total. The molecule has 10 nitrogen and oxygen atoms in total. The number of thiazole rings is 1. The molecule has 0 saturated carbocycles. The minimum absolute atomic E-state index is 0.0276. The van der Waals surface area contributed by atoms with E-state index in [1.165, 1.54) is 10.8 Å². The summed E-state index contributed by atoms with van der Waals surface area (Å²) in [6, 6.07) is 8.18. The van der Waals surface area contributed by atoms with Crippen molar-refractivity contribution < 1.29 is 24.2 Å². The van der Waals surface area contributed by atoms with E-state index in [1.807, 2.05) is 6.07 Å². The Kier molecular flexibility index (Phi) is 8.73. The van der Waals surface area contributed by atoms with Gasteiger partial charge in [0.25, 0.3) is 11.5 Å².